The molecule has 0 unspecified atom stereocenters. The Morgan fingerprint density at radius 3 is 2.31 bits per heavy atom. The summed E-state index contributed by atoms with van der Waals surface area (Å²) >= 11 is 0. The second-order valence-electron chi connectivity index (χ2n) is 3.24. The van der Waals surface area contributed by atoms with Gasteiger partial charge >= 0.3 is 0 Å². The molecule has 0 heterocycles. The smallest absolute Gasteiger partial charge is 0.190 e. The maximum atomic E-state index is 13.3. The highest BCUT2D eigenvalue weighted by Crippen LogP contribution is 2.23. The van der Waals surface area contributed by atoms with E-state index in [-0.39, 0.29) is 12.2 Å². The molecule has 0 spiro atoms. The molecule has 0 aromatic heterocycles. The maximum absolute atomic E-state index is 13.3. The van der Waals surface area contributed by atoms with Crippen LogP contribution in [0.5, 0.6) is 5.75 Å². The van der Waals surface area contributed by atoms with Gasteiger partial charge in [0.05, 0.1) is 13.2 Å². The first-order valence-corrected chi connectivity index (χ1v) is 4.89. The first-order chi connectivity index (χ1) is 7.69. The molecule has 0 saturated carbocycles. The minimum atomic E-state index is -0.804. The third-order valence-electron chi connectivity index (χ3n) is 1.98. The molecule has 1 aromatic carbocycles. The van der Waals surface area contributed by atoms with Crippen molar-refractivity contribution in [3.8, 4) is 5.75 Å². The van der Waals surface area contributed by atoms with Crippen molar-refractivity contribution < 1.29 is 23.4 Å². The van der Waals surface area contributed by atoms with Crippen molar-refractivity contribution >= 4 is 0 Å². The average molecular weight is 232 g/mol. The van der Waals surface area contributed by atoms with E-state index in [4.69, 9.17) is 14.6 Å². The Balaban J connectivity index is 2.65. The largest absolute Gasteiger partial charge is 0.488 e. The number of aliphatic hydroxyl groups excluding tert-OH is 1. The van der Waals surface area contributed by atoms with Gasteiger partial charge in [-0.15, -0.1) is 0 Å². The molecule has 1 rings (SSSR count). The molecule has 90 valence electrons. The van der Waals surface area contributed by atoms with E-state index in [2.05, 4.69) is 0 Å². The number of halogens is 2. The molecule has 3 nitrogen and oxygen atoms in total. The molecule has 1 N–H and O–H groups in total. The maximum Gasteiger partial charge on any atom is 0.190 e. The van der Waals surface area contributed by atoms with Crippen molar-refractivity contribution in [2.75, 3.05) is 20.3 Å². The third-order valence-corrected chi connectivity index (χ3v) is 1.98. The summed E-state index contributed by atoms with van der Waals surface area (Å²) in [5, 5.41) is 8.73. The van der Waals surface area contributed by atoms with Crippen LogP contribution in [0.3, 0.4) is 0 Å². The molecule has 0 aliphatic rings. The van der Waals surface area contributed by atoms with Gasteiger partial charge in [0, 0.05) is 20.1 Å². The minimum absolute atomic E-state index is 0.180. The SMILES string of the molecule is COCCCOc1c(F)cc(CO)cc1F. The Kier molecular flexibility index (Phi) is 5.14. The monoisotopic (exact) mass is 232 g/mol. The van der Waals surface area contributed by atoms with Gasteiger partial charge in [0.1, 0.15) is 0 Å². The van der Waals surface area contributed by atoms with Crippen LogP contribution in [0.15, 0.2) is 12.1 Å². The standard InChI is InChI=1S/C11H14F2O3/c1-15-3-2-4-16-11-9(12)5-8(7-14)6-10(11)13/h5-6,14H,2-4,7H2,1H3. The highest BCUT2D eigenvalue weighted by Gasteiger charge is 2.12. The molecule has 0 radical (unpaired) electrons. The van der Waals surface area contributed by atoms with Crippen molar-refractivity contribution in [1.82, 2.24) is 0 Å². The molecule has 0 aliphatic carbocycles. The number of rotatable bonds is 6. The van der Waals surface area contributed by atoms with E-state index < -0.39 is 24.0 Å². The van der Waals surface area contributed by atoms with Crippen molar-refractivity contribution in [2.45, 2.75) is 13.0 Å². The van der Waals surface area contributed by atoms with Crippen LogP contribution in [0, 0.1) is 11.6 Å². The molecule has 0 bridgehead atoms. The summed E-state index contributed by atoms with van der Waals surface area (Å²) in [6, 6.07) is 2.10. The summed E-state index contributed by atoms with van der Waals surface area (Å²) in [6.45, 7) is 0.246. The van der Waals surface area contributed by atoms with Crippen molar-refractivity contribution in [1.29, 1.82) is 0 Å². The van der Waals surface area contributed by atoms with Crippen LogP contribution in [-0.2, 0) is 11.3 Å². The normalized spacial score (nSPS) is 10.5. The quantitative estimate of drug-likeness (QED) is 0.761. The zero-order valence-corrected chi connectivity index (χ0v) is 9.00. The summed E-state index contributed by atoms with van der Waals surface area (Å²) in [5.74, 6) is -2.02. The Hall–Kier alpha value is -1.20. The van der Waals surface area contributed by atoms with Gasteiger partial charge < -0.3 is 14.6 Å². The number of aliphatic hydroxyl groups is 1. The van der Waals surface area contributed by atoms with Gasteiger partial charge in [-0.05, 0) is 17.7 Å². The average Bonchev–Trinajstić information content (AvgIpc) is 2.26. The van der Waals surface area contributed by atoms with E-state index >= 15 is 0 Å². The molecule has 1 aromatic rings. The van der Waals surface area contributed by atoms with Gasteiger partial charge in [-0.1, -0.05) is 0 Å². The molecular formula is C11H14F2O3. The zero-order valence-electron chi connectivity index (χ0n) is 9.00. The van der Waals surface area contributed by atoms with Gasteiger partial charge in [0.15, 0.2) is 17.4 Å². The van der Waals surface area contributed by atoms with Crippen LogP contribution in [0.25, 0.3) is 0 Å². The number of hydrogen-bond donors (Lipinski definition) is 1. The van der Waals surface area contributed by atoms with Gasteiger partial charge in [0.2, 0.25) is 0 Å². The first kappa shape index (κ1) is 12.9. The van der Waals surface area contributed by atoms with Crippen molar-refractivity contribution in [3.05, 3.63) is 29.3 Å². The molecular weight excluding hydrogens is 218 g/mol. The summed E-state index contributed by atoms with van der Waals surface area (Å²) in [4.78, 5) is 0. The molecule has 0 atom stereocenters. The lowest BCUT2D eigenvalue weighted by atomic mass is 10.2. The fourth-order valence-electron chi connectivity index (χ4n) is 1.22. The molecule has 0 aliphatic heterocycles. The fraction of sp³-hybridized carbons (Fsp3) is 0.455. The van der Waals surface area contributed by atoms with Crippen LogP contribution in [-0.4, -0.2) is 25.4 Å². The predicted octanol–water partition coefficient (Wildman–Crippen LogP) is 1.87. The van der Waals surface area contributed by atoms with Crippen LogP contribution in [0.4, 0.5) is 8.78 Å². The first-order valence-electron chi connectivity index (χ1n) is 4.89. The lowest BCUT2D eigenvalue weighted by Crippen LogP contribution is -2.05. The third kappa shape index (κ3) is 3.43. The molecule has 16 heavy (non-hydrogen) atoms. The lowest BCUT2D eigenvalue weighted by molar-refractivity contribution is 0.168. The summed E-state index contributed by atoms with van der Waals surface area (Å²) in [5.41, 5.74) is 0.180. The Morgan fingerprint density at radius 1 is 1.19 bits per heavy atom. The predicted molar refractivity (Wildman–Crippen MR) is 54.3 cm³/mol. The van der Waals surface area contributed by atoms with E-state index in [0.29, 0.717) is 13.0 Å². The van der Waals surface area contributed by atoms with E-state index in [1.165, 1.54) is 7.11 Å². The minimum Gasteiger partial charge on any atom is -0.488 e. The van der Waals surface area contributed by atoms with E-state index in [1.807, 2.05) is 0 Å². The second kappa shape index (κ2) is 6.40. The van der Waals surface area contributed by atoms with Crippen LogP contribution in [0.1, 0.15) is 12.0 Å². The molecule has 0 amide bonds. The summed E-state index contributed by atoms with van der Waals surface area (Å²) in [6.07, 6.45) is 0.553. The van der Waals surface area contributed by atoms with Gasteiger partial charge in [-0.25, -0.2) is 8.78 Å². The van der Waals surface area contributed by atoms with E-state index in [9.17, 15) is 8.78 Å². The Labute approximate surface area is 92.6 Å². The molecule has 5 heteroatoms. The molecule has 0 fully saturated rings. The van der Waals surface area contributed by atoms with Gasteiger partial charge in [-0.2, -0.15) is 0 Å². The fourth-order valence-corrected chi connectivity index (χ4v) is 1.22. The Morgan fingerprint density at radius 2 is 1.81 bits per heavy atom. The number of benzene rings is 1. The number of methoxy groups -OCH3 is 1. The van der Waals surface area contributed by atoms with E-state index in [1.54, 1.807) is 0 Å². The van der Waals surface area contributed by atoms with Crippen LogP contribution < -0.4 is 4.74 Å². The highest BCUT2D eigenvalue weighted by atomic mass is 19.1. The van der Waals surface area contributed by atoms with E-state index in [0.717, 1.165) is 12.1 Å². The van der Waals surface area contributed by atoms with Crippen LogP contribution in [0.2, 0.25) is 0 Å². The summed E-state index contributed by atoms with van der Waals surface area (Å²) in [7, 11) is 1.54. The highest BCUT2D eigenvalue weighted by molar-refractivity contribution is 5.31. The second-order valence-corrected chi connectivity index (χ2v) is 3.24. The Bertz CT molecular complexity index is 319. The van der Waals surface area contributed by atoms with Gasteiger partial charge in [0.25, 0.3) is 0 Å². The molecule has 0 saturated heterocycles. The van der Waals surface area contributed by atoms with Gasteiger partial charge in [-0.3, -0.25) is 0 Å². The zero-order chi connectivity index (χ0) is 12.0. The van der Waals surface area contributed by atoms with Crippen LogP contribution >= 0.6 is 0 Å². The topological polar surface area (TPSA) is 38.7 Å². The van der Waals surface area contributed by atoms with Crippen molar-refractivity contribution in [3.63, 3.8) is 0 Å². The number of hydrogen-bond acceptors (Lipinski definition) is 3. The number of ether oxygens (including phenoxy) is 2. The van der Waals surface area contributed by atoms with Crippen molar-refractivity contribution in [2.24, 2.45) is 0 Å². The lowest BCUT2D eigenvalue weighted by Gasteiger charge is -2.09. The summed E-state index contributed by atoms with van der Waals surface area (Å²) < 4.78 is 36.3.